The van der Waals surface area contributed by atoms with Gasteiger partial charge in [-0.15, -0.1) is 0 Å². The molecule has 0 aliphatic carbocycles. The highest BCUT2D eigenvalue weighted by atomic mass is 79.9. The van der Waals surface area contributed by atoms with E-state index in [-0.39, 0.29) is 5.91 Å². The molecule has 0 saturated heterocycles. The van der Waals surface area contributed by atoms with Crippen molar-refractivity contribution in [2.45, 2.75) is 45.3 Å². The molecule has 1 aliphatic rings. The second kappa shape index (κ2) is 7.72. The van der Waals surface area contributed by atoms with Gasteiger partial charge in [0.25, 0.3) is 5.91 Å². The topological polar surface area (TPSA) is 58.6 Å². The number of carbonyl (C=O) groups excluding carboxylic acids is 2. The van der Waals surface area contributed by atoms with Crippen molar-refractivity contribution in [3.05, 3.63) is 58.6 Å². The molecule has 0 aromatic heterocycles. The van der Waals surface area contributed by atoms with Gasteiger partial charge in [-0.2, -0.15) is 0 Å². The van der Waals surface area contributed by atoms with Gasteiger partial charge in [0.05, 0.1) is 5.69 Å². The summed E-state index contributed by atoms with van der Waals surface area (Å²) in [6.07, 6.45) is 0.625. The number of benzene rings is 2. The maximum atomic E-state index is 13.3. The van der Waals surface area contributed by atoms with Crippen LogP contribution in [0.2, 0.25) is 0 Å². The fraction of sp³-hybridized carbons (Fsp3) is 0.333. The molecule has 0 spiro atoms. The minimum absolute atomic E-state index is 0.173. The third-order valence-corrected chi connectivity index (χ3v) is 4.76. The molecule has 1 atom stereocenters. The molecule has 0 saturated carbocycles. The molecular weight excluding hydrogens is 408 g/mol. The number of hydrogen-bond donors (Lipinski definition) is 1. The Hall–Kier alpha value is -2.34. The summed E-state index contributed by atoms with van der Waals surface area (Å²) in [7, 11) is 0. The average Bonchev–Trinajstić information content (AvgIpc) is 2.72. The normalized spacial score (nSPS) is 17.1. The lowest BCUT2D eigenvalue weighted by Crippen LogP contribution is -2.48. The van der Waals surface area contributed by atoms with E-state index in [2.05, 4.69) is 21.2 Å². The largest absolute Gasteiger partial charge is 0.444 e. The number of para-hydroxylation sites is 1. The third-order valence-electron chi connectivity index (χ3n) is 4.23. The Morgan fingerprint density at radius 2 is 1.81 bits per heavy atom. The van der Waals surface area contributed by atoms with Gasteiger partial charge in [0, 0.05) is 10.2 Å². The smallest absolute Gasteiger partial charge is 0.408 e. The van der Waals surface area contributed by atoms with Crippen LogP contribution in [0.5, 0.6) is 0 Å². The summed E-state index contributed by atoms with van der Waals surface area (Å²) < 4.78 is 6.27. The molecule has 2 amide bonds. The maximum absolute atomic E-state index is 13.3. The zero-order chi connectivity index (χ0) is 19.6. The van der Waals surface area contributed by atoms with E-state index >= 15 is 0 Å². The Bertz CT molecular complexity index is 843. The van der Waals surface area contributed by atoms with Gasteiger partial charge in [-0.1, -0.05) is 34.1 Å². The molecule has 5 nitrogen and oxygen atoms in total. The van der Waals surface area contributed by atoms with E-state index in [1.54, 1.807) is 25.7 Å². The number of aryl methyl sites for hydroxylation is 1. The molecule has 27 heavy (non-hydrogen) atoms. The molecule has 1 heterocycles. The first-order valence-electron chi connectivity index (χ1n) is 8.91. The van der Waals surface area contributed by atoms with E-state index in [4.69, 9.17) is 4.74 Å². The highest BCUT2D eigenvalue weighted by Gasteiger charge is 2.33. The van der Waals surface area contributed by atoms with E-state index < -0.39 is 17.7 Å². The first-order chi connectivity index (χ1) is 12.7. The monoisotopic (exact) mass is 430 g/mol. The van der Waals surface area contributed by atoms with Crippen molar-refractivity contribution in [2.24, 2.45) is 0 Å². The molecule has 1 N–H and O–H groups in total. The van der Waals surface area contributed by atoms with Gasteiger partial charge in [0.15, 0.2) is 0 Å². The van der Waals surface area contributed by atoms with Gasteiger partial charge in [-0.05, 0) is 69.5 Å². The molecule has 1 aliphatic heterocycles. The number of nitrogens with one attached hydrogen (secondary N) is 1. The number of carbonyl (C=O) groups is 2. The van der Waals surface area contributed by atoms with E-state index in [1.807, 2.05) is 48.5 Å². The van der Waals surface area contributed by atoms with Crippen LogP contribution < -0.4 is 10.2 Å². The van der Waals surface area contributed by atoms with Crippen molar-refractivity contribution in [2.75, 3.05) is 4.90 Å². The maximum Gasteiger partial charge on any atom is 0.408 e. The minimum Gasteiger partial charge on any atom is -0.444 e. The van der Waals surface area contributed by atoms with Gasteiger partial charge in [0.2, 0.25) is 0 Å². The zero-order valence-electron chi connectivity index (χ0n) is 15.7. The summed E-state index contributed by atoms with van der Waals surface area (Å²) in [4.78, 5) is 27.3. The number of nitrogens with zero attached hydrogens (tertiary/aromatic N) is 1. The predicted molar refractivity (Wildman–Crippen MR) is 109 cm³/mol. The predicted octanol–water partition coefficient (Wildman–Crippen LogP) is 4.95. The lowest BCUT2D eigenvalue weighted by atomic mass is 10.1. The lowest BCUT2D eigenvalue weighted by molar-refractivity contribution is -0.120. The van der Waals surface area contributed by atoms with Crippen molar-refractivity contribution in [3.63, 3.8) is 0 Å². The Labute approximate surface area is 167 Å². The molecule has 6 heteroatoms. The number of halogens is 1. The number of rotatable bonds is 2. The molecule has 0 radical (unpaired) electrons. The molecule has 0 fully saturated rings. The van der Waals surface area contributed by atoms with E-state index in [0.29, 0.717) is 12.8 Å². The van der Waals surface area contributed by atoms with Crippen molar-refractivity contribution in [1.82, 2.24) is 5.32 Å². The van der Waals surface area contributed by atoms with Crippen LogP contribution in [0.25, 0.3) is 0 Å². The first-order valence-corrected chi connectivity index (χ1v) is 9.71. The minimum atomic E-state index is -0.657. The highest BCUT2D eigenvalue weighted by Crippen LogP contribution is 2.34. The van der Waals surface area contributed by atoms with Crippen LogP contribution in [0.4, 0.5) is 16.2 Å². The van der Waals surface area contributed by atoms with Crippen LogP contribution in [0.1, 0.15) is 32.8 Å². The van der Waals surface area contributed by atoms with E-state index in [1.165, 1.54) is 0 Å². The Morgan fingerprint density at radius 1 is 1.15 bits per heavy atom. The highest BCUT2D eigenvalue weighted by molar-refractivity contribution is 9.10. The van der Waals surface area contributed by atoms with Crippen LogP contribution >= 0.6 is 15.9 Å². The van der Waals surface area contributed by atoms with E-state index in [9.17, 15) is 9.59 Å². The summed E-state index contributed by atoms with van der Waals surface area (Å²) in [6, 6.07) is 14.7. The number of hydrogen-bond acceptors (Lipinski definition) is 3. The summed E-state index contributed by atoms with van der Waals surface area (Å²) in [5.41, 5.74) is 2.06. The Morgan fingerprint density at radius 3 is 2.48 bits per heavy atom. The second-order valence-corrected chi connectivity index (χ2v) is 8.43. The molecule has 3 rings (SSSR count). The van der Waals surface area contributed by atoms with Gasteiger partial charge in [-0.25, -0.2) is 4.79 Å². The number of ether oxygens (including phenoxy) is 1. The summed E-state index contributed by atoms with van der Waals surface area (Å²) in [6.45, 7) is 5.39. The third kappa shape index (κ3) is 4.69. The number of fused-ring (bicyclic) bond motifs is 1. The molecule has 0 bridgehead atoms. The Balaban J connectivity index is 1.94. The van der Waals surface area contributed by atoms with E-state index in [0.717, 1.165) is 21.4 Å². The van der Waals surface area contributed by atoms with Gasteiger partial charge in [-0.3, -0.25) is 9.69 Å². The van der Waals surface area contributed by atoms with Crippen molar-refractivity contribution >= 4 is 39.3 Å². The summed E-state index contributed by atoms with van der Waals surface area (Å²) in [5, 5.41) is 2.75. The second-order valence-electron chi connectivity index (χ2n) is 7.52. The summed E-state index contributed by atoms with van der Waals surface area (Å²) >= 11 is 3.43. The molecular formula is C21H23BrN2O3. The fourth-order valence-electron chi connectivity index (χ4n) is 3.08. The first kappa shape index (κ1) is 19.4. The number of alkyl carbamates (subject to hydrolysis) is 1. The average molecular weight is 431 g/mol. The molecule has 142 valence electrons. The molecule has 2 aromatic rings. The SMILES string of the molecule is CC(C)(C)OC(=O)NC1CCc2ccccc2N(c2ccc(Br)cc2)C1=O. The van der Waals surface area contributed by atoms with Crippen molar-refractivity contribution in [3.8, 4) is 0 Å². The van der Waals surface area contributed by atoms with Crippen LogP contribution in [0, 0.1) is 0 Å². The standard InChI is InChI=1S/C21H23BrN2O3/c1-21(2,3)27-20(26)23-17-13-8-14-6-4-5-7-18(14)24(19(17)25)16-11-9-15(22)10-12-16/h4-7,9-12,17H,8,13H2,1-3H3,(H,23,26). The van der Waals surface area contributed by atoms with Crippen LogP contribution in [-0.2, 0) is 16.0 Å². The number of amides is 2. The fourth-order valence-corrected chi connectivity index (χ4v) is 3.34. The molecule has 2 aromatic carbocycles. The molecule has 1 unspecified atom stereocenters. The quantitative estimate of drug-likeness (QED) is 0.732. The Kier molecular flexibility index (Phi) is 5.56. The number of anilines is 2. The van der Waals surface area contributed by atoms with Crippen LogP contribution in [0.3, 0.4) is 0 Å². The summed E-state index contributed by atoms with van der Waals surface area (Å²) in [5.74, 6) is -0.173. The zero-order valence-corrected chi connectivity index (χ0v) is 17.2. The van der Waals surface area contributed by atoms with Gasteiger partial charge < -0.3 is 10.1 Å². The van der Waals surface area contributed by atoms with Gasteiger partial charge >= 0.3 is 6.09 Å². The van der Waals surface area contributed by atoms with Gasteiger partial charge in [0.1, 0.15) is 11.6 Å². The van der Waals surface area contributed by atoms with Crippen molar-refractivity contribution in [1.29, 1.82) is 0 Å². The van der Waals surface area contributed by atoms with Crippen molar-refractivity contribution < 1.29 is 14.3 Å². The van der Waals surface area contributed by atoms with Crippen LogP contribution in [0.15, 0.2) is 53.0 Å². The lowest BCUT2D eigenvalue weighted by Gasteiger charge is -2.27. The van der Waals surface area contributed by atoms with Crippen LogP contribution in [-0.4, -0.2) is 23.6 Å².